The summed E-state index contributed by atoms with van der Waals surface area (Å²) in [6.07, 6.45) is 10.5. The smallest absolute Gasteiger partial charge is 0.273 e. The Morgan fingerprint density at radius 2 is 1.61 bits per heavy atom. The molecule has 2 aromatic heterocycles. The summed E-state index contributed by atoms with van der Waals surface area (Å²) >= 11 is 0. The summed E-state index contributed by atoms with van der Waals surface area (Å²) in [5, 5.41) is 4.27. The summed E-state index contributed by atoms with van der Waals surface area (Å²) in [6, 6.07) is 17.6. The average molecular weight is 555 g/mol. The number of benzene rings is 2. The quantitative estimate of drug-likeness (QED) is 0.297. The molecule has 0 radical (unpaired) electrons. The highest BCUT2D eigenvalue weighted by atomic mass is 16.5. The van der Waals surface area contributed by atoms with E-state index in [1.807, 2.05) is 83.0 Å². The molecule has 0 saturated heterocycles. The number of nitrogens with one attached hydrogen (secondary N) is 1. The number of rotatable bonds is 7. The second-order valence-corrected chi connectivity index (χ2v) is 11.4. The number of methoxy groups -OCH3 is 2. The van der Waals surface area contributed by atoms with Crippen molar-refractivity contribution in [3.05, 3.63) is 78.2 Å². The van der Waals surface area contributed by atoms with Crippen LogP contribution in [0.25, 0.3) is 16.6 Å². The maximum absolute atomic E-state index is 14.7. The van der Waals surface area contributed by atoms with Gasteiger partial charge in [-0.1, -0.05) is 37.8 Å². The van der Waals surface area contributed by atoms with Crippen molar-refractivity contribution in [3.63, 3.8) is 0 Å². The lowest BCUT2D eigenvalue weighted by Crippen LogP contribution is -2.64. The molecule has 1 fully saturated rings. The molecule has 8 nitrogen and oxygen atoms in total. The summed E-state index contributed by atoms with van der Waals surface area (Å²) in [6.45, 7) is 2.55. The van der Waals surface area contributed by atoms with Gasteiger partial charge in [0.2, 0.25) is 5.91 Å². The van der Waals surface area contributed by atoms with Crippen LogP contribution in [0.5, 0.6) is 11.5 Å². The first-order valence-corrected chi connectivity index (χ1v) is 14.5. The van der Waals surface area contributed by atoms with Crippen LogP contribution in [-0.4, -0.2) is 51.6 Å². The van der Waals surface area contributed by atoms with Crippen LogP contribution in [0.15, 0.2) is 67.0 Å². The molecular formula is C33H38N4O4. The van der Waals surface area contributed by atoms with Crippen molar-refractivity contribution in [2.45, 2.75) is 70.1 Å². The molecule has 2 aromatic carbocycles. The third kappa shape index (κ3) is 4.85. The van der Waals surface area contributed by atoms with Gasteiger partial charge in [0.25, 0.3) is 5.91 Å². The van der Waals surface area contributed by atoms with Gasteiger partial charge < -0.3 is 28.8 Å². The van der Waals surface area contributed by atoms with Crippen LogP contribution in [0.3, 0.4) is 0 Å². The van der Waals surface area contributed by atoms with Gasteiger partial charge in [-0.2, -0.15) is 0 Å². The van der Waals surface area contributed by atoms with Crippen molar-refractivity contribution in [3.8, 4) is 17.2 Å². The third-order valence-corrected chi connectivity index (χ3v) is 8.80. The van der Waals surface area contributed by atoms with Gasteiger partial charge in [0.1, 0.15) is 22.7 Å². The van der Waals surface area contributed by atoms with Crippen LogP contribution in [0.4, 0.5) is 0 Å². The van der Waals surface area contributed by atoms with Gasteiger partial charge in [-0.05, 0) is 67.8 Å². The van der Waals surface area contributed by atoms with E-state index in [0.717, 1.165) is 53.6 Å². The van der Waals surface area contributed by atoms with Crippen molar-refractivity contribution in [1.82, 2.24) is 19.4 Å². The standard InChI is InChI=1S/C33H38N4O4/c1-33(32(39)34-24-10-6-4-5-7-11-24)22-36-28-17-16-26(41-3)20-27(28)29(35-18-8-9-19-35)30(36)31(38)37(33)21-23-12-14-25(40-2)15-13-23/h8-9,12-20,24H,4-7,10-11,21-22H2,1-3H3,(H,34,39)/t33-/m0/s1. The van der Waals surface area contributed by atoms with E-state index >= 15 is 0 Å². The minimum atomic E-state index is -1.10. The molecule has 8 heteroatoms. The molecule has 1 atom stereocenters. The zero-order valence-electron chi connectivity index (χ0n) is 24.1. The number of aromatic nitrogens is 2. The number of amides is 2. The Hall–Kier alpha value is -4.20. The molecule has 4 aromatic rings. The fourth-order valence-electron chi connectivity index (χ4n) is 6.43. The Balaban J connectivity index is 1.48. The number of carbonyl (C=O) groups is 2. The van der Waals surface area contributed by atoms with Gasteiger partial charge >= 0.3 is 0 Å². The predicted octanol–water partition coefficient (Wildman–Crippen LogP) is 5.70. The van der Waals surface area contributed by atoms with Gasteiger partial charge in [0.15, 0.2) is 0 Å². The summed E-state index contributed by atoms with van der Waals surface area (Å²) in [4.78, 5) is 30.7. The molecular weight excluding hydrogens is 516 g/mol. The van der Waals surface area contributed by atoms with E-state index in [0.29, 0.717) is 24.5 Å². The van der Waals surface area contributed by atoms with Gasteiger partial charge in [0.05, 0.1) is 32.0 Å². The Labute approximate surface area is 240 Å². The lowest BCUT2D eigenvalue weighted by Gasteiger charge is -2.45. The van der Waals surface area contributed by atoms with E-state index in [1.54, 1.807) is 19.1 Å². The van der Waals surface area contributed by atoms with Gasteiger partial charge in [-0.25, -0.2) is 0 Å². The molecule has 3 heterocycles. The normalized spacial score (nSPS) is 19.6. The first-order valence-electron chi connectivity index (χ1n) is 14.5. The summed E-state index contributed by atoms with van der Waals surface area (Å²) in [5.41, 5.74) is 2.09. The fourth-order valence-corrected chi connectivity index (χ4v) is 6.43. The van der Waals surface area contributed by atoms with E-state index in [4.69, 9.17) is 9.47 Å². The molecule has 6 rings (SSSR count). The molecule has 1 N–H and O–H groups in total. The Kier molecular flexibility index (Phi) is 7.24. The van der Waals surface area contributed by atoms with Crippen LogP contribution < -0.4 is 14.8 Å². The van der Waals surface area contributed by atoms with Crippen LogP contribution in [0.1, 0.15) is 61.5 Å². The molecule has 1 saturated carbocycles. The molecule has 1 aliphatic carbocycles. The molecule has 0 bridgehead atoms. The van der Waals surface area contributed by atoms with Gasteiger partial charge in [-0.15, -0.1) is 0 Å². The van der Waals surface area contributed by atoms with Crippen molar-refractivity contribution in [1.29, 1.82) is 0 Å². The van der Waals surface area contributed by atoms with Crippen molar-refractivity contribution in [2.75, 3.05) is 14.2 Å². The molecule has 2 aliphatic rings. The SMILES string of the molecule is COc1ccc(CN2C(=O)c3c(-n4cccc4)c4cc(OC)ccc4n3C[C@@]2(C)C(=O)NC2CCCCCC2)cc1. The van der Waals surface area contributed by atoms with Crippen LogP contribution in [0.2, 0.25) is 0 Å². The van der Waals surface area contributed by atoms with Crippen LogP contribution in [0, 0.1) is 0 Å². The number of hydrogen-bond acceptors (Lipinski definition) is 4. The Morgan fingerprint density at radius 3 is 2.27 bits per heavy atom. The van der Waals surface area contributed by atoms with Crippen molar-refractivity contribution in [2.24, 2.45) is 0 Å². The summed E-state index contributed by atoms with van der Waals surface area (Å²) in [5.74, 6) is 1.18. The second-order valence-electron chi connectivity index (χ2n) is 11.4. The second kappa shape index (κ2) is 11.0. The number of carbonyl (C=O) groups excluding carboxylic acids is 2. The highest BCUT2D eigenvalue weighted by Crippen LogP contribution is 2.40. The fraction of sp³-hybridized carbons (Fsp3) is 0.394. The Bertz CT molecular complexity index is 1550. The van der Waals surface area contributed by atoms with E-state index in [1.165, 1.54) is 12.8 Å². The topological polar surface area (TPSA) is 77.7 Å². The Morgan fingerprint density at radius 1 is 0.951 bits per heavy atom. The van der Waals surface area contributed by atoms with E-state index in [-0.39, 0.29) is 17.9 Å². The maximum Gasteiger partial charge on any atom is 0.273 e. The maximum atomic E-state index is 14.7. The molecule has 0 spiro atoms. The average Bonchev–Trinajstić information content (AvgIpc) is 3.54. The molecule has 2 amide bonds. The number of ether oxygens (including phenoxy) is 2. The predicted molar refractivity (Wildman–Crippen MR) is 159 cm³/mol. The van der Waals surface area contributed by atoms with Crippen molar-refractivity contribution < 1.29 is 19.1 Å². The molecule has 214 valence electrons. The third-order valence-electron chi connectivity index (χ3n) is 8.80. The number of nitrogens with zero attached hydrogens (tertiary/aromatic N) is 3. The number of hydrogen-bond donors (Lipinski definition) is 1. The lowest BCUT2D eigenvalue weighted by atomic mass is 9.92. The molecule has 0 unspecified atom stereocenters. The van der Waals surface area contributed by atoms with Crippen LogP contribution in [-0.2, 0) is 17.9 Å². The van der Waals surface area contributed by atoms with Gasteiger partial charge in [0, 0.05) is 30.4 Å². The highest BCUT2D eigenvalue weighted by Gasteiger charge is 2.49. The number of fused-ring (bicyclic) bond motifs is 3. The lowest BCUT2D eigenvalue weighted by molar-refractivity contribution is -0.134. The van der Waals surface area contributed by atoms with Crippen molar-refractivity contribution >= 4 is 22.7 Å². The monoisotopic (exact) mass is 554 g/mol. The minimum absolute atomic E-state index is 0.102. The largest absolute Gasteiger partial charge is 0.497 e. The minimum Gasteiger partial charge on any atom is -0.497 e. The van der Waals surface area contributed by atoms with E-state index in [9.17, 15) is 9.59 Å². The first-order chi connectivity index (χ1) is 19.9. The van der Waals surface area contributed by atoms with Crippen LogP contribution >= 0.6 is 0 Å². The zero-order valence-corrected chi connectivity index (χ0v) is 24.1. The van der Waals surface area contributed by atoms with Gasteiger partial charge in [-0.3, -0.25) is 9.59 Å². The molecule has 41 heavy (non-hydrogen) atoms. The zero-order chi connectivity index (χ0) is 28.6. The molecule has 1 aliphatic heterocycles. The van der Waals surface area contributed by atoms with E-state index in [2.05, 4.69) is 5.32 Å². The van der Waals surface area contributed by atoms with E-state index < -0.39 is 5.54 Å². The summed E-state index contributed by atoms with van der Waals surface area (Å²) < 4.78 is 14.9. The summed E-state index contributed by atoms with van der Waals surface area (Å²) in [7, 11) is 3.28. The highest BCUT2D eigenvalue weighted by molar-refractivity contribution is 6.09. The first kappa shape index (κ1) is 27.0.